The van der Waals surface area contributed by atoms with Crippen LogP contribution in [-0.2, 0) is 11.3 Å². The van der Waals surface area contributed by atoms with Crippen molar-refractivity contribution in [2.24, 2.45) is 0 Å². The summed E-state index contributed by atoms with van der Waals surface area (Å²) in [7, 11) is 0. The summed E-state index contributed by atoms with van der Waals surface area (Å²) in [5, 5.41) is 9.80. The lowest BCUT2D eigenvalue weighted by Crippen LogP contribution is -2.01. The molecule has 1 N–H and O–H groups in total. The van der Waals surface area contributed by atoms with Gasteiger partial charge in [-0.1, -0.05) is 29.8 Å². The highest BCUT2D eigenvalue weighted by molar-refractivity contribution is 6.30. The molecule has 0 fully saturated rings. The van der Waals surface area contributed by atoms with E-state index < -0.39 is 0 Å². The van der Waals surface area contributed by atoms with Gasteiger partial charge in [-0.15, -0.1) is 0 Å². The molecule has 0 saturated carbocycles. The first-order chi connectivity index (χ1) is 6.81. The molecule has 0 bridgehead atoms. The second kappa shape index (κ2) is 4.13. The molecule has 1 unspecified atom stereocenters. The predicted octanol–water partition coefficient (Wildman–Crippen LogP) is 2.46. The first kappa shape index (κ1) is 9.71. The van der Waals surface area contributed by atoms with Gasteiger partial charge in [-0.3, -0.25) is 0 Å². The molecule has 14 heavy (non-hydrogen) atoms. The van der Waals surface area contributed by atoms with Gasteiger partial charge in [-0.05, 0) is 23.3 Å². The highest BCUT2D eigenvalue weighted by atomic mass is 35.5. The van der Waals surface area contributed by atoms with E-state index in [0.29, 0.717) is 11.6 Å². The molecule has 1 heterocycles. The Labute approximate surface area is 87.8 Å². The van der Waals surface area contributed by atoms with Crippen molar-refractivity contribution in [2.45, 2.75) is 12.7 Å². The van der Waals surface area contributed by atoms with Crippen molar-refractivity contribution in [3.05, 3.63) is 46.5 Å². The summed E-state index contributed by atoms with van der Waals surface area (Å²) in [5.41, 5.74) is 1.82. The molecule has 1 atom stereocenters. The Morgan fingerprint density at radius 3 is 3.00 bits per heavy atom. The molecule has 1 aliphatic heterocycles. The normalized spacial score (nSPS) is 20.3. The fourth-order valence-electron chi connectivity index (χ4n) is 1.58. The molecular formula is C11H11ClO2. The van der Waals surface area contributed by atoms with Crippen molar-refractivity contribution in [1.82, 2.24) is 0 Å². The van der Waals surface area contributed by atoms with E-state index in [2.05, 4.69) is 0 Å². The molecule has 2 nitrogen and oxygen atoms in total. The standard InChI is InChI=1S/C11H11ClO2/c12-9-3-4-10(8(6-9)7-13)11-2-1-5-14-11/h1-4,6,11,13H,5,7H2. The maximum atomic E-state index is 9.16. The fourth-order valence-corrected chi connectivity index (χ4v) is 1.77. The third kappa shape index (κ3) is 1.82. The topological polar surface area (TPSA) is 29.5 Å². The molecular weight excluding hydrogens is 200 g/mol. The summed E-state index contributed by atoms with van der Waals surface area (Å²) < 4.78 is 5.46. The van der Waals surface area contributed by atoms with Gasteiger partial charge in [0.05, 0.1) is 13.2 Å². The van der Waals surface area contributed by atoms with Gasteiger partial charge in [0.15, 0.2) is 0 Å². The molecule has 0 radical (unpaired) electrons. The average Bonchev–Trinajstić information content (AvgIpc) is 2.70. The maximum absolute atomic E-state index is 9.16. The van der Waals surface area contributed by atoms with Crippen LogP contribution in [0.4, 0.5) is 0 Å². The zero-order valence-electron chi connectivity index (χ0n) is 7.61. The Balaban J connectivity index is 2.36. The van der Waals surface area contributed by atoms with Gasteiger partial charge in [0.1, 0.15) is 6.10 Å². The second-order valence-corrected chi connectivity index (χ2v) is 3.62. The first-order valence-electron chi connectivity index (χ1n) is 4.48. The number of halogens is 1. The van der Waals surface area contributed by atoms with Crippen LogP contribution in [0.2, 0.25) is 5.02 Å². The lowest BCUT2D eigenvalue weighted by molar-refractivity contribution is 0.127. The number of aliphatic hydroxyl groups excluding tert-OH is 1. The quantitative estimate of drug-likeness (QED) is 0.760. The molecule has 1 aromatic carbocycles. The number of aliphatic hydroxyl groups is 1. The zero-order valence-corrected chi connectivity index (χ0v) is 8.37. The largest absolute Gasteiger partial charge is 0.392 e. The minimum Gasteiger partial charge on any atom is -0.392 e. The molecule has 0 saturated heterocycles. The van der Waals surface area contributed by atoms with Crippen LogP contribution in [-0.4, -0.2) is 11.7 Å². The van der Waals surface area contributed by atoms with E-state index in [1.807, 2.05) is 24.3 Å². The van der Waals surface area contributed by atoms with Gasteiger partial charge in [-0.2, -0.15) is 0 Å². The smallest absolute Gasteiger partial charge is 0.101 e. The molecule has 0 spiro atoms. The molecule has 0 aliphatic carbocycles. The van der Waals surface area contributed by atoms with Crippen molar-refractivity contribution in [3.63, 3.8) is 0 Å². The predicted molar refractivity (Wildman–Crippen MR) is 55.2 cm³/mol. The van der Waals surface area contributed by atoms with Crippen LogP contribution < -0.4 is 0 Å². The first-order valence-corrected chi connectivity index (χ1v) is 4.86. The number of ether oxygens (including phenoxy) is 1. The van der Waals surface area contributed by atoms with Gasteiger partial charge in [0.25, 0.3) is 0 Å². The molecule has 1 aliphatic rings. The van der Waals surface area contributed by atoms with Gasteiger partial charge in [0, 0.05) is 5.02 Å². The van der Waals surface area contributed by atoms with Crippen LogP contribution in [0.15, 0.2) is 30.4 Å². The summed E-state index contributed by atoms with van der Waals surface area (Å²) in [4.78, 5) is 0. The van der Waals surface area contributed by atoms with E-state index in [9.17, 15) is 0 Å². The zero-order chi connectivity index (χ0) is 9.97. The van der Waals surface area contributed by atoms with Crippen LogP contribution in [0.3, 0.4) is 0 Å². The lowest BCUT2D eigenvalue weighted by atomic mass is 10.0. The lowest BCUT2D eigenvalue weighted by Gasteiger charge is -2.13. The summed E-state index contributed by atoms with van der Waals surface area (Å²) in [6, 6.07) is 5.48. The SMILES string of the molecule is OCc1cc(Cl)ccc1C1C=CCO1. The minimum atomic E-state index is -0.0329. The Morgan fingerprint density at radius 1 is 1.50 bits per heavy atom. The number of rotatable bonds is 2. The maximum Gasteiger partial charge on any atom is 0.101 e. The third-order valence-electron chi connectivity index (χ3n) is 2.26. The van der Waals surface area contributed by atoms with Crippen molar-refractivity contribution < 1.29 is 9.84 Å². The second-order valence-electron chi connectivity index (χ2n) is 3.18. The summed E-state index contributed by atoms with van der Waals surface area (Å²) in [5.74, 6) is 0. The molecule has 2 rings (SSSR count). The Morgan fingerprint density at radius 2 is 2.36 bits per heavy atom. The molecule has 0 aromatic heterocycles. The number of hydrogen-bond donors (Lipinski definition) is 1. The van der Waals surface area contributed by atoms with E-state index in [1.165, 1.54) is 0 Å². The monoisotopic (exact) mass is 210 g/mol. The Kier molecular flexibility index (Phi) is 2.87. The van der Waals surface area contributed by atoms with E-state index >= 15 is 0 Å². The van der Waals surface area contributed by atoms with Crippen molar-refractivity contribution in [2.75, 3.05) is 6.61 Å². The van der Waals surface area contributed by atoms with Crippen LogP contribution >= 0.6 is 11.6 Å². The summed E-state index contributed by atoms with van der Waals surface area (Å²) in [6.07, 6.45) is 3.93. The van der Waals surface area contributed by atoms with Crippen LogP contribution in [0.1, 0.15) is 17.2 Å². The van der Waals surface area contributed by atoms with Crippen LogP contribution in [0, 0.1) is 0 Å². The molecule has 74 valence electrons. The van der Waals surface area contributed by atoms with Crippen LogP contribution in [0.25, 0.3) is 0 Å². The average molecular weight is 211 g/mol. The summed E-state index contributed by atoms with van der Waals surface area (Å²) >= 11 is 5.83. The van der Waals surface area contributed by atoms with Crippen LogP contribution in [0.5, 0.6) is 0 Å². The van der Waals surface area contributed by atoms with Crippen molar-refractivity contribution in [3.8, 4) is 0 Å². The number of hydrogen-bond acceptors (Lipinski definition) is 2. The highest BCUT2D eigenvalue weighted by Gasteiger charge is 2.15. The molecule has 0 amide bonds. The molecule has 1 aromatic rings. The number of benzene rings is 1. The minimum absolute atomic E-state index is 0.0103. The van der Waals surface area contributed by atoms with Crippen molar-refractivity contribution in [1.29, 1.82) is 0 Å². The third-order valence-corrected chi connectivity index (χ3v) is 2.50. The van der Waals surface area contributed by atoms with E-state index in [1.54, 1.807) is 6.07 Å². The molecule has 3 heteroatoms. The van der Waals surface area contributed by atoms with Gasteiger partial charge < -0.3 is 9.84 Å². The van der Waals surface area contributed by atoms with Crippen molar-refractivity contribution >= 4 is 11.6 Å². The Hall–Kier alpha value is -0.830. The van der Waals surface area contributed by atoms with Gasteiger partial charge in [-0.25, -0.2) is 0 Å². The fraction of sp³-hybridized carbons (Fsp3) is 0.273. The van der Waals surface area contributed by atoms with E-state index in [0.717, 1.165) is 11.1 Å². The summed E-state index contributed by atoms with van der Waals surface area (Å²) in [6.45, 7) is 0.627. The highest BCUT2D eigenvalue weighted by Crippen LogP contribution is 2.28. The Bertz CT molecular complexity index is 360. The van der Waals surface area contributed by atoms with Gasteiger partial charge >= 0.3 is 0 Å². The van der Waals surface area contributed by atoms with E-state index in [-0.39, 0.29) is 12.7 Å². The van der Waals surface area contributed by atoms with E-state index in [4.69, 9.17) is 21.4 Å². The van der Waals surface area contributed by atoms with Gasteiger partial charge in [0.2, 0.25) is 0 Å².